The zero-order valence-corrected chi connectivity index (χ0v) is 35.6. The third-order valence-electron chi connectivity index (χ3n) is 14.7. The van der Waals surface area contributed by atoms with Crippen LogP contribution < -0.4 is 16.2 Å². The van der Waals surface area contributed by atoms with Crippen LogP contribution in [0.1, 0.15) is 103 Å². The predicted octanol–water partition coefficient (Wildman–Crippen LogP) is 5.84. The van der Waals surface area contributed by atoms with E-state index in [4.69, 9.17) is 14.5 Å². The molecule has 324 valence electrons. The first-order chi connectivity index (χ1) is 30.7. The van der Waals surface area contributed by atoms with Gasteiger partial charge in [-0.3, -0.25) is 29.5 Å². The van der Waals surface area contributed by atoms with E-state index in [1.165, 1.54) is 47.9 Å². The molecule has 2 fully saturated rings. The third-order valence-corrected chi connectivity index (χ3v) is 14.7. The highest BCUT2D eigenvalue weighted by molar-refractivity contribution is 6.02. The molecule has 4 aromatic heterocycles. The number of pyridine rings is 1. The summed E-state index contributed by atoms with van der Waals surface area (Å²) in [6, 6.07) is 15.7. The molecular weight excluding hydrogens is 797 g/mol. The highest BCUT2D eigenvalue weighted by Crippen LogP contribution is 2.40. The molecule has 2 aliphatic carbocycles. The number of hydrogen-bond donors (Lipinski definition) is 3. The van der Waals surface area contributed by atoms with Crippen molar-refractivity contribution < 1.29 is 19.2 Å². The number of carbonyl (C=O) groups excluding carboxylic acids is 2. The van der Waals surface area contributed by atoms with Crippen LogP contribution >= 0.6 is 0 Å². The fourth-order valence-electron chi connectivity index (χ4n) is 11.1. The average molecular weight is 849 g/mol. The van der Waals surface area contributed by atoms with Gasteiger partial charge in [0, 0.05) is 67.5 Å². The van der Waals surface area contributed by atoms with Crippen LogP contribution in [-0.2, 0) is 54.1 Å². The van der Waals surface area contributed by atoms with Crippen LogP contribution in [0.4, 0.5) is 11.6 Å². The van der Waals surface area contributed by atoms with Gasteiger partial charge >= 0.3 is 0 Å². The van der Waals surface area contributed by atoms with E-state index in [1.807, 2.05) is 19.1 Å². The lowest BCUT2D eigenvalue weighted by atomic mass is 9.86. The molecule has 11 rings (SSSR count). The van der Waals surface area contributed by atoms with E-state index >= 15 is 0 Å². The van der Waals surface area contributed by atoms with E-state index in [2.05, 4.69) is 67.5 Å². The Morgan fingerprint density at radius 1 is 0.889 bits per heavy atom. The highest BCUT2D eigenvalue weighted by Gasteiger charge is 2.38. The zero-order valence-electron chi connectivity index (χ0n) is 35.6. The summed E-state index contributed by atoms with van der Waals surface area (Å²) in [5.41, 5.74) is 8.38. The number of benzene rings is 2. The molecule has 3 N–H and O–H groups in total. The molecule has 0 radical (unpaired) electrons. The second-order valence-electron chi connectivity index (χ2n) is 18.1. The Morgan fingerprint density at radius 2 is 1.65 bits per heavy atom. The number of aliphatic hydroxyl groups is 1. The molecule has 2 amide bonds. The van der Waals surface area contributed by atoms with Crippen LogP contribution in [0.3, 0.4) is 0 Å². The number of imide groups is 1. The molecule has 6 aromatic rings. The van der Waals surface area contributed by atoms with Gasteiger partial charge in [0.05, 0.1) is 18.2 Å². The maximum absolute atomic E-state index is 13.6. The predicted molar refractivity (Wildman–Crippen MR) is 237 cm³/mol. The van der Waals surface area contributed by atoms with Crippen molar-refractivity contribution in [3.05, 3.63) is 111 Å². The van der Waals surface area contributed by atoms with E-state index in [9.17, 15) is 19.5 Å². The summed E-state index contributed by atoms with van der Waals surface area (Å²) in [6.07, 6.45) is 12.5. The van der Waals surface area contributed by atoms with Gasteiger partial charge in [0.2, 0.25) is 17.8 Å². The van der Waals surface area contributed by atoms with Gasteiger partial charge < -0.3 is 14.9 Å². The molecule has 15 nitrogen and oxygen atoms in total. The Balaban J connectivity index is 0.741. The van der Waals surface area contributed by atoms with Crippen molar-refractivity contribution in [2.45, 2.75) is 121 Å². The number of nitrogens with zero attached hydrogens (tertiary/aromatic N) is 8. The molecule has 2 aromatic carbocycles. The van der Waals surface area contributed by atoms with Gasteiger partial charge in [-0.15, -0.1) is 6.58 Å². The summed E-state index contributed by atoms with van der Waals surface area (Å²) < 4.78 is 9.17. The Morgan fingerprint density at radius 3 is 2.43 bits per heavy atom. The SMILES string of the molecule is C=CCn1c(=O)c2cnc(Nc3ccc4c(c3)CCN([C@H]3CC[C@H](N5CCc6c(ccc7c(C8CCC(=O)NC8=O)noc67)C5)CC3)C4)nc2n1-c1ccc2c(n1)[C@@](O)(CC)CC2. The minimum atomic E-state index is -0.991. The summed E-state index contributed by atoms with van der Waals surface area (Å²) in [6.45, 7) is 9.92. The van der Waals surface area contributed by atoms with Crippen LogP contribution in [0, 0.1) is 0 Å². The Labute approximate surface area is 364 Å². The van der Waals surface area contributed by atoms with Crippen molar-refractivity contribution in [1.29, 1.82) is 0 Å². The topological polar surface area (TPSA) is 177 Å². The van der Waals surface area contributed by atoms with Crippen molar-refractivity contribution in [2.24, 2.45) is 0 Å². The maximum atomic E-state index is 13.6. The Kier molecular flexibility index (Phi) is 9.88. The fourth-order valence-corrected chi connectivity index (χ4v) is 11.1. The van der Waals surface area contributed by atoms with Crippen molar-refractivity contribution in [3.8, 4) is 5.82 Å². The number of amides is 2. The van der Waals surface area contributed by atoms with E-state index in [0.717, 1.165) is 67.7 Å². The molecule has 63 heavy (non-hydrogen) atoms. The molecule has 0 bridgehead atoms. The summed E-state index contributed by atoms with van der Waals surface area (Å²) in [5, 5.41) is 22.8. The van der Waals surface area contributed by atoms with E-state index in [1.54, 1.807) is 21.6 Å². The van der Waals surface area contributed by atoms with Gasteiger partial charge in [0.1, 0.15) is 16.7 Å². The molecule has 5 aliphatic rings. The maximum Gasteiger partial charge on any atom is 0.278 e. The second-order valence-corrected chi connectivity index (χ2v) is 18.1. The van der Waals surface area contributed by atoms with Crippen LogP contribution in [-0.4, -0.2) is 81.4 Å². The molecule has 15 heteroatoms. The lowest BCUT2D eigenvalue weighted by Gasteiger charge is -2.43. The van der Waals surface area contributed by atoms with Gasteiger partial charge in [-0.2, -0.15) is 4.98 Å². The molecule has 0 spiro atoms. The van der Waals surface area contributed by atoms with Gasteiger partial charge in [-0.05, 0) is 111 Å². The number of carbonyl (C=O) groups is 2. The van der Waals surface area contributed by atoms with Gasteiger partial charge in [0.15, 0.2) is 17.0 Å². The van der Waals surface area contributed by atoms with Crippen LogP contribution in [0.5, 0.6) is 0 Å². The summed E-state index contributed by atoms with van der Waals surface area (Å²) in [7, 11) is 0. The molecule has 1 unspecified atom stereocenters. The number of rotatable bonds is 9. The van der Waals surface area contributed by atoms with Crippen LogP contribution in [0.15, 0.2) is 70.6 Å². The number of aryl methyl sites for hydroxylation is 1. The molecule has 1 saturated carbocycles. The summed E-state index contributed by atoms with van der Waals surface area (Å²) in [4.78, 5) is 57.6. The van der Waals surface area contributed by atoms with Gasteiger partial charge in [0.25, 0.3) is 5.56 Å². The largest absolute Gasteiger partial charge is 0.384 e. The number of nitrogens with one attached hydrogen (secondary N) is 2. The lowest BCUT2D eigenvalue weighted by molar-refractivity contribution is -0.134. The van der Waals surface area contributed by atoms with E-state index in [-0.39, 0.29) is 23.9 Å². The summed E-state index contributed by atoms with van der Waals surface area (Å²) in [5.74, 6) is -0.0752. The number of aromatic nitrogens is 6. The molecule has 3 aliphatic heterocycles. The van der Waals surface area contributed by atoms with Crippen molar-refractivity contribution >= 4 is 45.5 Å². The third kappa shape index (κ3) is 6.88. The first-order valence-corrected chi connectivity index (χ1v) is 22.6. The van der Waals surface area contributed by atoms with Crippen LogP contribution in [0.25, 0.3) is 27.8 Å². The first kappa shape index (κ1) is 39.8. The monoisotopic (exact) mass is 848 g/mol. The standard InChI is InChI=1S/C48H52N10O5/c1-3-21-57-46(61)38-25-49-47(53-44(38)58(57)39-15-7-28-17-20-48(62,4-2)43(28)51-39)50-32-8-5-30-26-55(22-18-29(30)24-32)33-9-11-34(12-10-33)56-23-19-35-31(27-56)6-13-36-41(54-63-42(35)36)37-14-16-40(59)52-45(37)60/h3,5-8,13,15,24-25,33-34,37,62H,1,4,9-12,14,16-23,26-27H2,2H3,(H,49,50,53)(H,52,59,60)/t33-,34-,37?,48-/m1/s1. The summed E-state index contributed by atoms with van der Waals surface area (Å²) >= 11 is 0. The Bertz CT molecular complexity index is 2890. The van der Waals surface area contributed by atoms with Crippen molar-refractivity contribution in [1.82, 2.24) is 44.6 Å². The molecule has 2 atom stereocenters. The first-order valence-electron chi connectivity index (χ1n) is 22.6. The minimum absolute atomic E-state index is 0.229. The smallest absolute Gasteiger partial charge is 0.278 e. The number of hydrogen-bond acceptors (Lipinski definition) is 12. The van der Waals surface area contributed by atoms with Crippen molar-refractivity contribution in [3.63, 3.8) is 0 Å². The number of allylic oxidation sites excluding steroid dienone is 1. The van der Waals surface area contributed by atoms with Gasteiger partial charge in [-0.25, -0.2) is 19.3 Å². The zero-order chi connectivity index (χ0) is 43.0. The van der Waals surface area contributed by atoms with Crippen molar-refractivity contribution in [2.75, 3.05) is 18.4 Å². The Hall–Kier alpha value is -6.03. The molecule has 1 saturated heterocycles. The quantitative estimate of drug-likeness (QED) is 0.117. The minimum Gasteiger partial charge on any atom is -0.384 e. The number of piperidine rings is 1. The number of anilines is 2. The van der Waals surface area contributed by atoms with Gasteiger partial charge in [-0.1, -0.05) is 36.4 Å². The average Bonchev–Trinajstić information content (AvgIpc) is 3.97. The van der Waals surface area contributed by atoms with Crippen LogP contribution in [0.2, 0.25) is 0 Å². The molecule has 7 heterocycles. The van der Waals surface area contributed by atoms with E-state index in [0.29, 0.717) is 72.0 Å². The highest BCUT2D eigenvalue weighted by atomic mass is 16.5. The molecular formula is C48H52N10O5. The normalized spacial score (nSPS) is 24.0. The number of fused-ring (bicyclic) bond motifs is 6. The lowest BCUT2D eigenvalue weighted by Crippen LogP contribution is -2.46. The van der Waals surface area contributed by atoms with E-state index < -0.39 is 11.5 Å². The fraction of sp³-hybridized carbons (Fsp3) is 0.438. The second kappa shape index (κ2) is 15.6.